The van der Waals surface area contributed by atoms with Crippen LogP contribution in [0, 0.1) is 18.6 Å². The number of halogens is 2. The quantitative estimate of drug-likeness (QED) is 0.505. The zero-order chi connectivity index (χ0) is 21.9. The molecular weight excluding hydrogens is 426 g/mol. The number of amides is 1. The van der Waals surface area contributed by atoms with Gasteiger partial charge in [0.05, 0.1) is 10.3 Å². The number of carbonyl (C=O) groups is 1. The van der Waals surface area contributed by atoms with E-state index in [2.05, 4.69) is 24.7 Å². The number of hydrogen-bond acceptors (Lipinski definition) is 8. The lowest BCUT2D eigenvalue weighted by Crippen LogP contribution is -2.45. The summed E-state index contributed by atoms with van der Waals surface area (Å²) in [6.07, 6.45) is 1.50. The molecule has 9 nitrogen and oxygen atoms in total. The largest absolute Gasteiger partial charge is 0.368 e. The first-order chi connectivity index (χ1) is 14.8. The summed E-state index contributed by atoms with van der Waals surface area (Å²) in [5, 5.41) is 8.61. The molecule has 1 amide bonds. The monoisotopic (exact) mass is 444 g/mol. The van der Waals surface area contributed by atoms with Crippen LogP contribution >= 0.6 is 11.5 Å². The van der Waals surface area contributed by atoms with E-state index in [9.17, 15) is 13.6 Å². The van der Waals surface area contributed by atoms with Crippen LogP contribution in [-0.2, 0) is 0 Å². The number of piperidine rings is 1. The van der Waals surface area contributed by atoms with Gasteiger partial charge in [0.1, 0.15) is 11.3 Å². The molecule has 0 spiro atoms. The number of anilines is 1. The third-order valence-corrected chi connectivity index (χ3v) is 6.33. The maximum atomic E-state index is 14.2. The number of nitrogens with zero attached hydrogens (tertiary/aromatic N) is 7. The molecule has 2 atom stereocenters. The molecule has 1 saturated heterocycles. The number of aromatic nitrogens is 6. The van der Waals surface area contributed by atoms with Crippen molar-refractivity contribution in [1.82, 2.24) is 34.1 Å². The van der Waals surface area contributed by atoms with Crippen LogP contribution in [-0.4, -0.2) is 52.6 Å². The molecule has 0 saturated carbocycles. The van der Waals surface area contributed by atoms with Crippen LogP contribution < -0.4 is 5.73 Å². The first-order valence-electron chi connectivity index (χ1n) is 9.74. The molecule has 160 valence electrons. The Hall–Kier alpha value is -3.28. The summed E-state index contributed by atoms with van der Waals surface area (Å²) >= 11 is 1.18. The molecule has 0 aliphatic carbocycles. The van der Waals surface area contributed by atoms with Crippen molar-refractivity contribution in [3.05, 3.63) is 40.2 Å². The summed E-state index contributed by atoms with van der Waals surface area (Å²) in [4.78, 5) is 24.1. The fourth-order valence-corrected chi connectivity index (χ4v) is 4.47. The lowest BCUT2D eigenvalue weighted by molar-refractivity contribution is 0.0599. The van der Waals surface area contributed by atoms with Crippen LogP contribution in [0.25, 0.3) is 16.6 Å². The van der Waals surface area contributed by atoms with Crippen molar-refractivity contribution >= 4 is 39.9 Å². The minimum atomic E-state index is -0.816. The topological polar surface area (TPSA) is 115 Å². The smallest absolute Gasteiger partial charge is 0.275 e. The van der Waals surface area contributed by atoms with Gasteiger partial charge in [0.2, 0.25) is 5.95 Å². The molecule has 1 unspecified atom stereocenters. The molecule has 0 radical (unpaired) electrons. The van der Waals surface area contributed by atoms with Crippen molar-refractivity contribution in [2.24, 2.45) is 0 Å². The third kappa shape index (κ3) is 3.17. The zero-order valence-electron chi connectivity index (χ0n) is 16.7. The van der Waals surface area contributed by atoms with Crippen molar-refractivity contribution < 1.29 is 13.6 Å². The first kappa shape index (κ1) is 19.7. The minimum absolute atomic E-state index is 0.0256. The van der Waals surface area contributed by atoms with Crippen molar-refractivity contribution in [3.8, 4) is 0 Å². The van der Waals surface area contributed by atoms with Crippen LogP contribution in [0.2, 0.25) is 0 Å². The van der Waals surface area contributed by atoms with E-state index >= 15 is 0 Å². The third-order valence-electron chi connectivity index (χ3n) is 5.70. The second-order valence-electron chi connectivity index (χ2n) is 7.72. The Balaban J connectivity index is 1.54. The van der Waals surface area contributed by atoms with Gasteiger partial charge in [-0.05, 0) is 44.3 Å². The van der Waals surface area contributed by atoms with E-state index in [1.165, 1.54) is 16.0 Å². The number of benzene rings is 1. The molecule has 1 aromatic carbocycles. The van der Waals surface area contributed by atoms with Gasteiger partial charge in [-0.2, -0.15) is 4.52 Å². The highest BCUT2D eigenvalue weighted by Gasteiger charge is 2.34. The lowest BCUT2D eigenvalue weighted by Gasteiger charge is -2.36. The molecule has 31 heavy (non-hydrogen) atoms. The number of fused-ring (bicyclic) bond motifs is 3. The predicted octanol–water partition coefficient (Wildman–Crippen LogP) is 2.71. The van der Waals surface area contributed by atoms with Crippen LogP contribution in [0.15, 0.2) is 12.1 Å². The fourth-order valence-electron chi connectivity index (χ4n) is 4.01. The summed E-state index contributed by atoms with van der Waals surface area (Å²) in [6.45, 7) is 4.19. The van der Waals surface area contributed by atoms with Gasteiger partial charge in [0.25, 0.3) is 5.91 Å². The normalized spacial score (nSPS) is 19.4. The summed E-state index contributed by atoms with van der Waals surface area (Å²) in [7, 11) is 0. The Morgan fingerprint density at radius 3 is 2.81 bits per heavy atom. The highest BCUT2D eigenvalue weighted by molar-refractivity contribution is 7.05. The van der Waals surface area contributed by atoms with Gasteiger partial charge in [-0.1, -0.05) is 4.49 Å². The molecule has 0 bridgehead atoms. The first-order valence-corrected chi connectivity index (χ1v) is 10.5. The van der Waals surface area contributed by atoms with E-state index in [0.29, 0.717) is 18.1 Å². The van der Waals surface area contributed by atoms with Crippen LogP contribution in [0.3, 0.4) is 0 Å². The maximum Gasteiger partial charge on any atom is 0.275 e. The van der Waals surface area contributed by atoms with E-state index in [1.54, 1.807) is 4.90 Å². The van der Waals surface area contributed by atoms with Crippen LogP contribution in [0.5, 0.6) is 0 Å². The zero-order valence-corrected chi connectivity index (χ0v) is 17.5. The minimum Gasteiger partial charge on any atom is -0.368 e. The standard InChI is InChI=1S/C19H18F2N8OS/c1-8-3-4-10(7-28(8)18(30)14-9(2)31-27-25-14)16-24-17-12-5-11(20)6-13(21)15(12)23-19(22)29(17)26-16/h5-6,8,10H,3-4,7H2,1-2H3,(H2,22,23)/t8-,10?/m0/s1. The van der Waals surface area contributed by atoms with Gasteiger partial charge < -0.3 is 10.6 Å². The Kier molecular flexibility index (Phi) is 4.54. The van der Waals surface area contributed by atoms with Crippen molar-refractivity contribution in [3.63, 3.8) is 0 Å². The lowest BCUT2D eigenvalue weighted by atomic mass is 9.92. The summed E-state index contributed by atoms with van der Waals surface area (Å²) in [6, 6.07) is 1.94. The van der Waals surface area contributed by atoms with Crippen LogP contribution in [0.4, 0.5) is 14.7 Å². The molecule has 1 fully saturated rings. The number of rotatable bonds is 2. The molecule has 5 rings (SSSR count). The summed E-state index contributed by atoms with van der Waals surface area (Å²) < 4.78 is 33.2. The number of nitrogens with two attached hydrogens (primary N) is 1. The van der Waals surface area contributed by atoms with Gasteiger partial charge in [0.15, 0.2) is 23.0 Å². The summed E-state index contributed by atoms with van der Waals surface area (Å²) in [5.74, 6) is -1.50. The summed E-state index contributed by atoms with van der Waals surface area (Å²) in [5.41, 5.74) is 6.48. The van der Waals surface area contributed by atoms with Crippen molar-refractivity contribution in [1.29, 1.82) is 0 Å². The fraction of sp³-hybridized carbons (Fsp3) is 0.368. The highest BCUT2D eigenvalue weighted by Crippen LogP contribution is 2.31. The molecule has 1 aliphatic heterocycles. The van der Waals surface area contributed by atoms with Crippen molar-refractivity contribution in [2.45, 2.75) is 38.6 Å². The number of carbonyl (C=O) groups excluding carboxylic acids is 1. The highest BCUT2D eigenvalue weighted by atomic mass is 32.1. The Bertz CT molecular complexity index is 1340. The number of likely N-dealkylation sites (tertiary alicyclic amines) is 1. The Morgan fingerprint density at radius 1 is 1.26 bits per heavy atom. The van der Waals surface area contributed by atoms with Gasteiger partial charge >= 0.3 is 0 Å². The van der Waals surface area contributed by atoms with E-state index in [4.69, 9.17) is 5.73 Å². The van der Waals surface area contributed by atoms with Gasteiger partial charge in [0, 0.05) is 24.6 Å². The van der Waals surface area contributed by atoms with E-state index in [-0.39, 0.29) is 40.4 Å². The van der Waals surface area contributed by atoms with E-state index < -0.39 is 11.6 Å². The molecular formula is C19H18F2N8OS. The van der Waals surface area contributed by atoms with Crippen molar-refractivity contribution in [2.75, 3.05) is 12.3 Å². The van der Waals surface area contributed by atoms with Crippen LogP contribution in [0.1, 0.15) is 46.9 Å². The predicted molar refractivity (Wildman–Crippen MR) is 110 cm³/mol. The van der Waals surface area contributed by atoms with E-state index in [1.807, 2.05) is 13.8 Å². The number of hydrogen-bond donors (Lipinski definition) is 1. The second-order valence-corrected chi connectivity index (χ2v) is 8.68. The molecule has 2 N–H and O–H groups in total. The van der Waals surface area contributed by atoms with Gasteiger partial charge in [-0.15, -0.1) is 10.2 Å². The Morgan fingerprint density at radius 2 is 2.06 bits per heavy atom. The SMILES string of the molecule is Cc1snnc1C(=O)N1CC(c2nc3c4cc(F)cc(F)c4nc(N)n3n2)CC[C@@H]1C. The molecule has 3 aromatic heterocycles. The number of nitrogen functional groups attached to an aromatic ring is 1. The molecule has 1 aliphatic rings. The average Bonchev–Trinajstić information content (AvgIpc) is 3.36. The van der Waals surface area contributed by atoms with Gasteiger partial charge in [-0.25, -0.2) is 18.7 Å². The maximum absolute atomic E-state index is 14.2. The second kappa shape index (κ2) is 7.15. The molecule has 4 heterocycles. The molecule has 12 heteroatoms. The average molecular weight is 444 g/mol. The number of aryl methyl sites for hydroxylation is 1. The van der Waals surface area contributed by atoms with Gasteiger partial charge in [-0.3, -0.25) is 4.79 Å². The Labute approximate surface area is 179 Å². The van der Waals surface area contributed by atoms with E-state index in [0.717, 1.165) is 29.9 Å². The molecule has 4 aromatic rings.